The quantitative estimate of drug-likeness (QED) is 0.873. The molecule has 88 valence electrons. The van der Waals surface area contributed by atoms with Gasteiger partial charge in [0.05, 0.1) is 11.4 Å². The van der Waals surface area contributed by atoms with Gasteiger partial charge in [-0.3, -0.25) is 4.98 Å². The summed E-state index contributed by atoms with van der Waals surface area (Å²) in [6.45, 7) is 2.47. The summed E-state index contributed by atoms with van der Waals surface area (Å²) in [4.78, 5) is 4.27. The Labute approximate surface area is 100 Å². The fourth-order valence-electron chi connectivity index (χ4n) is 2.01. The molecule has 0 amide bonds. The van der Waals surface area contributed by atoms with Gasteiger partial charge in [-0.15, -0.1) is 0 Å². The average Bonchev–Trinajstić information content (AvgIpc) is 3.07. The van der Waals surface area contributed by atoms with Crippen molar-refractivity contribution in [2.75, 3.05) is 0 Å². The lowest BCUT2D eigenvalue weighted by Gasteiger charge is -2.08. The number of pyridine rings is 1. The number of nitrogens with zero attached hydrogens (tertiary/aromatic N) is 3. The monoisotopic (exact) mass is 228 g/mol. The van der Waals surface area contributed by atoms with E-state index < -0.39 is 0 Å². The van der Waals surface area contributed by atoms with E-state index in [9.17, 15) is 0 Å². The van der Waals surface area contributed by atoms with E-state index in [0.717, 1.165) is 16.9 Å². The van der Waals surface area contributed by atoms with E-state index in [0.29, 0.717) is 12.5 Å². The Bertz CT molecular complexity index is 540. The number of hydrogen-bond acceptors (Lipinski definition) is 3. The highest BCUT2D eigenvalue weighted by atomic mass is 15.3. The van der Waals surface area contributed by atoms with Gasteiger partial charge in [0.1, 0.15) is 0 Å². The molecule has 4 heteroatoms. The summed E-state index contributed by atoms with van der Waals surface area (Å²) in [5.41, 5.74) is 10.00. The number of aryl methyl sites for hydroxylation is 1. The molecular formula is C13H16N4. The molecule has 0 atom stereocenters. The first-order valence-corrected chi connectivity index (χ1v) is 5.99. The molecule has 0 spiro atoms. The van der Waals surface area contributed by atoms with Crippen LogP contribution < -0.4 is 5.73 Å². The highest BCUT2D eigenvalue weighted by molar-refractivity contribution is 5.40. The largest absolute Gasteiger partial charge is 0.326 e. The zero-order chi connectivity index (χ0) is 11.8. The Morgan fingerprint density at radius 1 is 1.47 bits per heavy atom. The van der Waals surface area contributed by atoms with Crippen LogP contribution in [0.4, 0.5) is 0 Å². The molecule has 1 saturated carbocycles. The molecule has 2 N–H and O–H groups in total. The van der Waals surface area contributed by atoms with Gasteiger partial charge < -0.3 is 5.73 Å². The van der Waals surface area contributed by atoms with Gasteiger partial charge in [0.2, 0.25) is 0 Å². The van der Waals surface area contributed by atoms with Crippen LogP contribution in [0.25, 0.3) is 5.69 Å². The maximum absolute atomic E-state index is 5.74. The third-order valence-corrected chi connectivity index (χ3v) is 3.17. The molecule has 3 rings (SSSR count). The summed E-state index contributed by atoms with van der Waals surface area (Å²) in [7, 11) is 0. The molecule has 1 fully saturated rings. The molecule has 0 radical (unpaired) electrons. The SMILES string of the molecule is Cc1cc(-n2ccc(C3CC3)n2)c(CN)cn1. The first kappa shape index (κ1) is 10.5. The lowest BCUT2D eigenvalue weighted by Crippen LogP contribution is -2.06. The van der Waals surface area contributed by atoms with Crippen LogP contribution >= 0.6 is 0 Å². The smallest absolute Gasteiger partial charge is 0.0723 e. The molecule has 17 heavy (non-hydrogen) atoms. The van der Waals surface area contributed by atoms with Crippen LogP contribution in [0.15, 0.2) is 24.5 Å². The second-order valence-electron chi connectivity index (χ2n) is 4.62. The van der Waals surface area contributed by atoms with Crippen molar-refractivity contribution < 1.29 is 0 Å². The van der Waals surface area contributed by atoms with E-state index in [1.54, 1.807) is 0 Å². The van der Waals surface area contributed by atoms with Gasteiger partial charge in [0.15, 0.2) is 0 Å². The Kier molecular flexibility index (Phi) is 2.44. The fraction of sp³-hybridized carbons (Fsp3) is 0.385. The van der Waals surface area contributed by atoms with Gasteiger partial charge in [0.25, 0.3) is 0 Å². The highest BCUT2D eigenvalue weighted by Crippen LogP contribution is 2.39. The van der Waals surface area contributed by atoms with E-state index in [1.807, 2.05) is 30.1 Å². The maximum atomic E-state index is 5.74. The molecule has 2 heterocycles. The topological polar surface area (TPSA) is 56.7 Å². The number of aromatic nitrogens is 3. The Morgan fingerprint density at radius 2 is 2.29 bits per heavy atom. The summed E-state index contributed by atoms with van der Waals surface area (Å²) in [6.07, 6.45) is 6.40. The van der Waals surface area contributed by atoms with Crippen molar-refractivity contribution in [1.82, 2.24) is 14.8 Å². The molecule has 4 nitrogen and oxygen atoms in total. The van der Waals surface area contributed by atoms with Crippen LogP contribution in [0, 0.1) is 6.92 Å². The molecule has 2 aromatic rings. The van der Waals surface area contributed by atoms with E-state index >= 15 is 0 Å². The average molecular weight is 228 g/mol. The summed E-state index contributed by atoms with van der Waals surface area (Å²) in [5.74, 6) is 0.681. The minimum Gasteiger partial charge on any atom is -0.326 e. The molecular weight excluding hydrogens is 212 g/mol. The molecule has 0 saturated heterocycles. The van der Waals surface area contributed by atoms with E-state index in [1.165, 1.54) is 18.5 Å². The van der Waals surface area contributed by atoms with Crippen LogP contribution in [0.5, 0.6) is 0 Å². The molecule has 1 aliphatic rings. The van der Waals surface area contributed by atoms with Crippen LogP contribution in [0.3, 0.4) is 0 Å². The predicted octanol–water partition coefficient (Wildman–Crippen LogP) is 1.91. The van der Waals surface area contributed by atoms with Gasteiger partial charge in [-0.2, -0.15) is 5.10 Å². The zero-order valence-corrected chi connectivity index (χ0v) is 9.93. The van der Waals surface area contributed by atoms with Crippen molar-refractivity contribution in [3.8, 4) is 5.69 Å². The molecule has 1 aliphatic carbocycles. The zero-order valence-electron chi connectivity index (χ0n) is 9.93. The van der Waals surface area contributed by atoms with E-state index in [4.69, 9.17) is 5.73 Å². The van der Waals surface area contributed by atoms with Crippen molar-refractivity contribution in [1.29, 1.82) is 0 Å². The summed E-state index contributed by atoms with van der Waals surface area (Å²) < 4.78 is 1.92. The van der Waals surface area contributed by atoms with Crippen LogP contribution in [0.1, 0.15) is 35.7 Å². The summed E-state index contributed by atoms with van der Waals surface area (Å²) in [5, 5.41) is 4.63. The van der Waals surface area contributed by atoms with Gasteiger partial charge in [-0.05, 0) is 31.9 Å². The van der Waals surface area contributed by atoms with Crippen molar-refractivity contribution in [2.24, 2.45) is 5.73 Å². The standard InChI is InChI=1S/C13H16N4/c1-9-6-13(11(7-14)8-15-9)17-5-4-12(16-17)10-2-3-10/h4-6,8,10H,2-3,7,14H2,1H3. The Morgan fingerprint density at radius 3 is 3.00 bits per heavy atom. The van der Waals surface area contributed by atoms with Crippen molar-refractivity contribution in [3.63, 3.8) is 0 Å². The first-order chi connectivity index (χ1) is 8.28. The number of hydrogen-bond donors (Lipinski definition) is 1. The Hall–Kier alpha value is -1.68. The molecule has 2 aromatic heterocycles. The van der Waals surface area contributed by atoms with E-state index in [-0.39, 0.29) is 0 Å². The number of nitrogens with two attached hydrogens (primary N) is 1. The molecule has 0 unspecified atom stereocenters. The van der Waals surface area contributed by atoms with E-state index in [2.05, 4.69) is 16.1 Å². The number of rotatable bonds is 3. The summed E-state index contributed by atoms with van der Waals surface area (Å²) in [6, 6.07) is 4.14. The fourth-order valence-corrected chi connectivity index (χ4v) is 2.01. The Balaban J connectivity index is 2.03. The lowest BCUT2D eigenvalue weighted by molar-refractivity contribution is 0.817. The third kappa shape index (κ3) is 1.96. The van der Waals surface area contributed by atoms with Gasteiger partial charge in [-0.25, -0.2) is 4.68 Å². The van der Waals surface area contributed by atoms with Gasteiger partial charge >= 0.3 is 0 Å². The van der Waals surface area contributed by atoms with Crippen molar-refractivity contribution in [2.45, 2.75) is 32.2 Å². The molecule has 0 aliphatic heterocycles. The highest BCUT2D eigenvalue weighted by Gasteiger charge is 2.26. The second-order valence-corrected chi connectivity index (χ2v) is 4.62. The second kappa shape index (κ2) is 3.96. The molecule has 0 bridgehead atoms. The maximum Gasteiger partial charge on any atom is 0.0723 e. The van der Waals surface area contributed by atoms with Gasteiger partial charge in [0, 0.05) is 36.1 Å². The van der Waals surface area contributed by atoms with Crippen LogP contribution in [-0.2, 0) is 6.54 Å². The van der Waals surface area contributed by atoms with Crippen molar-refractivity contribution in [3.05, 3.63) is 41.5 Å². The molecule has 0 aromatic carbocycles. The minimum atomic E-state index is 0.487. The normalized spacial score (nSPS) is 15.2. The van der Waals surface area contributed by atoms with Crippen molar-refractivity contribution >= 4 is 0 Å². The van der Waals surface area contributed by atoms with Gasteiger partial charge in [-0.1, -0.05) is 0 Å². The summed E-state index contributed by atoms with van der Waals surface area (Å²) >= 11 is 0. The first-order valence-electron chi connectivity index (χ1n) is 5.99. The van der Waals surface area contributed by atoms with Crippen LogP contribution in [0.2, 0.25) is 0 Å². The van der Waals surface area contributed by atoms with Crippen LogP contribution in [-0.4, -0.2) is 14.8 Å². The predicted molar refractivity (Wildman–Crippen MR) is 66.0 cm³/mol. The third-order valence-electron chi connectivity index (χ3n) is 3.17. The lowest BCUT2D eigenvalue weighted by atomic mass is 10.2. The minimum absolute atomic E-state index is 0.487.